The Morgan fingerprint density at radius 1 is 1.21 bits per heavy atom. The normalized spacial score (nSPS) is 17.1. The number of aryl methyl sites for hydroxylation is 4. The SMILES string of the molecule is Cc1cccc(NC(=O)[C@H]2CCCN(c3nc(C)nc4oc(C)c(C)c34)C2)c1. The van der Waals surface area contributed by atoms with Crippen molar-refractivity contribution in [1.82, 2.24) is 9.97 Å². The van der Waals surface area contributed by atoms with Gasteiger partial charge in [0.25, 0.3) is 0 Å². The number of piperidine rings is 1. The van der Waals surface area contributed by atoms with Gasteiger partial charge >= 0.3 is 0 Å². The van der Waals surface area contributed by atoms with E-state index in [1.165, 1.54) is 0 Å². The molecule has 0 saturated carbocycles. The quantitative estimate of drug-likeness (QED) is 0.735. The van der Waals surface area contributed by atoms with Gasteiger partial charge in [-0.2, -0.15) is 4.98 Å². The predicted molar refractivity (Wildman–Crippen MR) is 111 cm³/mol. The first-order valence-electron chi connectivity index (χ1n) is 9.79. The highest BCUT2D eigenvalue weighted by molar-refractivity contribution is 5.94. The lowest BCUT2D eigenvalue weighted by Gasteiger charge is -2.33. The number of furan rings is 1. The van der Waals surface area contributed by atoms with E-state index >= 15 is 0 Å². The Bertz CT molecular complexity index is 1040. The number of anilines is 2. The summed E-state index contributed by atoms with van der Waals surface area (Å²) in [4.78, 5) is 24.2. The number of aromatic nitrogens is 2. The number of carbonyl (C=O) groups is 1. The number of nitrogens with one attached hydrogen (secondary N) is 1. The first-order chi connectivity index (χ1) is 13.4. The van der Waals surface area contributed by atoms with Crippen molar-refractivity contribution < 1.29 is 9.21 Å². The van der Waals surface area contributed by atoms with Gasteiger partial charge in [-0.25, -0.2) is 4.98 Å². The van der Waals surface area contributed by atoms with Gasteiger partial charge in [0.2, 0.25) is 11.6 Å². The van der Waals surface area contributed by atoms with Crippen LogP contribution in [0.1, 0.15) is 35.6 Å². The molecule has 1 aliphatic heterocycles. The van der Waals surface area contributed by atoms with Crippen molar-refractivity contribution in [3.8, 4) is 0 Å². The number of nitrogens with zero attached hydrogens (tertiary/aromatic N) is 3. The van der Waals surface area contributed by atoms with Crippen LogP contribution in [0.4, 0.5) is 11.5 Å². The number of benzene rings is 1. The van der Waals surface area contributed by atoms with E-state index in [1.54, 1.807) is 0 Å². The summed E-state index contributed by atoms with van der Waals surface area (Å²) in [6.45, 7) is 9.41. The zero-order valence-electron chi connectivity index (χ0n) is 16.9. The van der Waals surface area contributed by atoms with E-state index in [-0.39, 0.29) is 11.8 Å². The molecule has 3 aromatic rings. The number of amides is 1. The Balaban J connectivity index is 1.59. The topological polar surface area (TPSA) is 71.3 Å². The van der Waals surface area contributed by atoms with Gasteiger partial charge in [0, 0.05) is 24.3 Å². The van der Waals surface area contributed by atoms with Gasteiger partial charge < -0.3 is 14.6 Å². The lowest BCUT2D eigenvalue weighted by Crippen LogP contribution is -2.41. The molecule has 0 radical (unpaired) electrons. The van der Waals surface area contributed by atoms with Crippen molar-refractivity contribution in [2.45, 2.75) is 40.5 Å². The van der Waals surface area contributed by atoms with Crippen molar-refractivity contribution in [3.05, 3.63) is 47.0 Å². The minimum Gasteiger partial charge on any atom is -0.443 e. The summed E-state index contributed by atoms with van der Waals surface area (Å²) in [7, 11) is 0. The summed E-state index contributed by atoms with van der Waals surface area (Å²) >= 11 is 0. The molecule has 0 aliphatic carbocycles. The first kappa shape index (κ1) is 18.5. The molecule has 0 bridgehead atoms. The molecule has 28 heavy (non-hydrogen) atoms. The molecule has 0 spiro atoms. The Morgan fingerprint density at radius 2 is 2.04 bits per heavy atom. The molecule has 1 amide bonds. The highest BCUT2D eigenvalue weighted by Crippen LogP contribution is 2.33. The van der Waals surface area contributed by atoms with Crippen LogP contribution >= 0.6 is 0 Å². The second kappa shape index (κ2) is 7.26. The minimum absolute atomic E-state index is 0.0671. The van der Waals surface area contributed by atoms with Crippen LogP contribution in [0, 0.1) is 33.6 Å². The van der Waals surface area contributed by atoms with E-state index < -0.39 is 0 Å². The van der Waals surface area contributed by atoms with Crippen molar-refractivity contribution >= 4 is 28.5 Å². The Hall–Kier alpha value is -2.89. The zero-order chi connectivity index (χ0) is 19.8. The third-order valence-electron chi connectivity index (χ3n) is 5.50. The fourth-order valence-electron chi connectivity index (χ4n) is 3.91. The molecule has 1 fully saturated rings. The zero-order valence-corrected chi connectivity index (χ0v) is 16.9. The molecule has 1 aromatic carbocycles. The van der Waals surface area contributed by atoms with Crippen LogP contribution in [0.15, 0.2) is 28.7 Å². The maximum atomic E-state index is 12.9. The molecule has 6 nitrogen and oxygen atoms in total. The van der Waals surface area contributed by atoms with Crippen LogP contribution < -0.4 is 10.2 Å². The molecule has 1 atom stereocenters. The van der Waals surface area contributed by atoms with E-state index in [1.807, 2.05) is 52.0 Å². The minimum atomic E-state index is -0.0760. The van der Waals surface area contributed by atoms with E-state index in [4.69, 9.17) is 9.40 Å². The molecular formula is C22H26N4O2. The highest BCUT2D eigenvalue weighted by atomic mass is 16.3. The molecule has 146 valence electrons. The second-order valence-corrected chi connectivity index (χ2v) is 7.70. The molecule has 0 unspecified atom stereocenters. The van der Waals surface area contributed by atoms with Crippen LogP contribution in [0.3, 0.4) is 0 Å². The summed E-state index contributed by atoms with van der Waals surface area (Å²) in [5.74, 6) is 2.42. The molecule has 2 aromatic heterocycles. The molecule has 4 rings (SSSR count). The lowest BCUT2D eigenvalue weighted by atomic mass is 9.96. The number of fused-ring (bicyclic) bond motifs is 1. The largest absolute Gasteiger partial charge is 0.443 e. The third kappa shape index (κ3) is 3.46. The van der Waals surface area contributed by atoms with Gasteiger partial charge in [-0.15, -0.1) is 0 Å². The fourth-order valence-corrected chi connectivity index (χ4v) is 3.91. The van der Waals surface area contributed by atoms with Gasteiger partial charge in [0.15, 0.2) is 0 Å². The number of rotatable bonds is 3. The Labute approximate surface area is 165 Å². The first-order valence-corrected chi connectivity index (χ1v) is 9.79. The third-order valence-corrected chi connectivity index (χ3v) is 5.50. The summed E-state index contributed by atoms with van der Waals surface area (Å²) in [5.41, 5.74) is 3.68. The van der Waals surface area contributed by atoms with Gasteiger partial charge in [-0.3, -0.25) is 4.79 Å². The van der Waals surface area contributed by atoms with Crippen molar-refractivity contribution in [2.75, 3.05) is 23.3 Å². The number of hydrogen-bond donors (Lipinski definition) is 1. The fraction of sp³-hybridized carbons (Fsp3) is 0.409. The van der Waals surface area contributed by atoms with E-state index in [9.17, 15) is 4.79 Å². The Kier molecular flexibility index (Phi) is 4.79. The smallest absolute Gasteiger partial charge is 0.231 e. The monoisotopic (exact) mass is 378 g/mol. The van der Waals surface area contributed by atoms with Crippen LogP contribution in [0.5, 0.6) is 0 Å². The van der Waals surface area contributed by atoms with E-state index in [0.29, 0.717) is 18.1 Å². The average Bonchev–Trinajstić information content (AvgIpc) is 2.95. The van der Waals surface area contributed by atoms with E-state index in [2.05, 4.69) is 15.2 Å². The maximum absolute atomic E-state index is 12.9. The Morgan fingerprint density at radius 3 is 2.82 bits per heavy atom. The summed E-state index contributed by atoms with van der Waals surface area (Å²) < 4.78 is 5.82. The molecule has 6 heteroatoms. The summed E-state index contributed by atoms with van der Waals surface area (Å²) in [6, 6.07) is 7.91. The molecule has 1 N–H and O–H groups in total. The van der Waals surface area contributed by atoms with E-state index in [0.717, 1.165) is 53.2 Å². The number of hydrogen-bond acceptors (Lipinski definition) is 5. The van der Waals surface area contributed by atoms with Gasteiger partial charge in [-0.1, -0.05) is 12.1 Å². The summed E-state index contributed by atoms with van der Waals surface area (Å²) in [5, 5.41) is 4.03. The second-order valence-electron chi connectivity index (χ2n) is 7.70. The molecule has 3 heterocycles. The standard InChI is InChI=1S/C22H26N4O2/c1-13-7-5-9-18(11-13)25-21(27)17-8-6-10-26(12-17)20-19-14(2)15(3)28-22(19)24-16(4)23-20/h5,7,9,11,17H,6,8,10,12H2,1-4H3,(H,25,27)/t17-/m0/s1. The molecular weight excluding hydrogens is 352 g/mol. The van der Waals surface area contributed by atoms with Crippen molar-refractivity contribution in [3.63, 3.8) is 0 Å². The average molecular weight is 378 g/mol. The van der Waals surface area contributed by atoms with Crippen molar-refractivity contribution in [1.29, 1.82) is 0 Å². The molecule has 1 aliphatic rings. The highest BCUT2D eigenvalue weighted by Gasteiger charge is 2.29. The summed E-state index contributed by atoms with van der Waals surface area (Å²) in [6.07, 6.45) is 1.83. The van der Waals surface area contributed by atoms with Crippen LogP contribution in [-0.4, -0.2) is 29.0 Å². The van der Waals surface area contributed by atoms with Gasteiger partial charge in [0.05, 0.1) is 11.3 Å². The maximum Gasteiger partial charge on any atom is 0.231 e. The van der Waals surface area contributed by atoms with Gasteiger partial charge in [-0.05, 0) is 58.2 Å². The van der Waals surface area contributed by atoms with Crippen LogP contribution in [-0.2, 0) is 4.79 Å². The molecule has 1 saturated heterocycles. The number of carbonyl (C=O) groups excluding carboxylic acids is 1. The van der Waals surface area contributed by atoms with Crippen LogP contribution in [0.2, 0.25) is 0 Å². The lowest BCUT2D eigenvalue weighted by molar-refractivity contribution is -0.120. The van der Waals surface area contributed by atoms with Crippen LogP contribution in [0.25, 0.3) is 11.1 Å². The predicted octanol–water partition coefficient (Wildman–Crippen LogP) is 4.31. The van der Waals surface area contributed by atoms with Gasteiger partial charge in [0.1, 0.15) is 17.4 Å². The van der Waals surface area contributed by atoms with Crippen molar-refractivity contribution in [2.24, 2.45) is 5.92 Å².